The van der Waals surface area contributed by atoms with Gasteiger partial charge in [-0.25, -0.2) is 0 Å². The largest absolute Gasteiger partial charge is 0.394 e. The summed E-state index contributed by atoms with van der Waals surface area (Å²) in [5.41, 5.74) is 0. The van der Waals surface area contributed by atoms with Crippen molar-refractivity contribution < 1.29 is 64.6 Å². The van der Waals surface area contributed by atoms with E-state index < -0.39 is 86.8 Å². The van der Waals surface area contributed by atoms with E-state index >= 15 is 0 Å². The molecular weight excluding hydrogens is 1050 g/mol. The molecule has 0 aliphatic carbocycles. The van der Waals surface area contributed by atoms with Crippen molar-refractivity contribution in [1.29, 1.82) is 0 Å². The van der Waals surface area contributed by atoms with Crippen LogP contribution in [-0.2, 0) is 23.7 Å². The van der Waals surface area contributed by atoms with Crippen LogP contribution in [0.2, 0.25) is 0 Å². The van der Waals surface area contributed by atoms with Gasteiger partial charge in [-0.3, -0.25) is 4.79 Å². The zero-order chi connectivity index (χ0) is 60.2. The summed E-state index contributed by atoms with van der Waals surface area (Å²) in [6.45, 7) is 2.81. The minimum atomic E-state index is -1.79. The van der Waals surface area contributed by atoms with Crippen LogP contribution in [0.15, 0.2) is 36.5 Å². The van der Waals surface area contributed by atoms with Crippen molar-refractivity contribution >= 4 is 5.91 Å². The monoisotopic (exact) mass is 1180 g/mol. The van der Waals surface area contributed by atoms with Crippen molar-refractivity contribution in [2.45, 2.75) is 376 Å². The molecule has 83 heavy (non-hydrogen) atoms. The molecule has 2 fully saturated rings. The maximum Gasteiger partial charge on any atom is 0.220 e. The van der Waals surface area contributed by atoms with E-state index in [0.717, 1.165) is 32.1 Å². The third-order valence-electron chi connectivity index (χ3n) is 17.0. The molecule has 14 heteroatoms. The first kappa shape index (κ1) is 77.3. The van der Waals surface area contributed by atoms with E-state index in [2.05, 4.69) is 43.5 Å². The fraction of sp³-hybridized carbons (Fsp3) is 0.899. The summed E-state index contributed by atoms with van der Waals surface area (Å²) in [7, 11) is 0. The standard InChI is InChI=1S/C69H129NO13/c1-3-5-7-9-11-13-15-17-19-21-23-24-25-26-27-28-29-30-31-32-33-35-36-38-40-42-44-46-48-50-52-58(73)57(70-61(74)53-51-49-47-45-43-41-39-37-34-22-20-18-16-14-12-10-8-6-4-2)56-80-68-66(79)64(77)67(60(55-72)82-68)83-69-65(78)63(76)62(75)59(54-71)81-69/h18,20,42,44,50,52,57-60,62-69,71-73,75-79H,3-17,19,21-41,43,45-49,51,53-56H2,1-2H3,(H,70,74)/b20-18-,44-42+,52-50+. The molecule has 2 aliphatic rings. The summed E-state index contributed by atoms with van der Waals surface area (Å²) in [5, 5.41) is 87.3. The van der Waals surface area contributed by atoms with Gasteiger partial charge in [-0.05, 0) is 57.8 Å². The quantitative estimate of drug-likeness (QED) is 0.0204. The molecule has 12 unspecified atom stereocenters. The van der Waals surface area contributed by atoms with E-state index in [1.165, 1.54) is 238 Å². The molecule has 0 aromatic heterocycles. The molecule has 2 saturated heterocycles. The third-order valence-corrected chi connectivity index (χ3v) is 17.0. The van der Waals surface area contributed by atoms with Crippen molar-refractivity contribution in [1.82, 2.24) is 5.32 Å². The fourth-order valence-electron chi connectivity index (χ4n) is 11.5. The second kappa shape index (κ2) is 54.4. The first-order valence-corrected chi connectivity index (χ1v) is 34.7. The van der Waals surface area contributed by atoms with Gasteiger partial charge in [0, 0.05) is 6.42 Å². The molecule has 0 aromatic carbocycles. The SMILES string of the molecule is CCCCCCCC/C=C\CCCCCCCCCCCC(=O)NC(COC1OC(CO)C(OC2OC(CO)C(O)C(O)C2O)C(O)C1O)C(O)/C=C/CC/C=C/CCCCCCCCCCCCCCCCCCCCCCCCCC. The lowest BCUT2D eigenvalue weighted by atomic mass is 9.97. The highest BCUT2D eigenvalue weighted by Gasteiger charge is 2.51. The molecule has 0 spiro atoms. The number of allylic oxidation sites excluding steroid dienone is 5. The maximum absolute atomic E-state index is 13.3. The van der Waals surface area contributed by atoms with E-state index in [-0.39, 0.29) is 18.9 Å². The molecule has 0 radical (unpaired) electrons. The van der Waals surface area contributed by atoms with Gasteiger partial charge in [0.05, 0.1) is 32.0 Å². The highest BCUT2D eigenvalue weighted by molar-refractivity contribution is 5.76. The first-order valence-electron chi connectivity index (χ1n) is 34.7. The molecule has 488 valence electrons. The summed E-state index contributed by atoms with van der Waals surface area (Å²) in [6.07, 6.45) is 52.1. The van der Waals surface area contributed by atoms with Crippen molar-refractivity contribution in [3.05, 3.63) is 36.5 Å². The van der Waals surface area contributed by atoms with Gasteiger partial charge in [0.15, 0.2) is 12.6 Å². The zero-order valence-corrected chi connectivity index (χ0v) is 53.0. The van der Waals surface area contributed by atoms with Crippen LogP contribution >= 0.6 is 0 Å². The molecule has 1 amide bonds. The van der Waals surface area contributed by atoms with E-state index in [1.807, 2.05) is 6.08 Å². The van der Waals surface area contributed by atoms with Crippen molar-refractivity contribution in [3.8, 4) is 0 Å². The molecule has 12 atom stereocenters. The maximum atomic E-state index is 13.3. The van der Waals surface area contributed by atoms with Gasteiger partial charge in [-0.2, -0.15) is 0 Å². The number of carbonyl (C=O) groups is 1. The van der Waals surface area contributed by atoms with Gasteiger partial charge < -0.3 is 65.1 Å². The summed E-state index contributed by atoms with van der Waals surface area (Å²) < 4.78 is 22.8. The predicted molar refractivity (Wildman–Crippen MR) is 337 cm³/mol. The number of hydrogen-bond acceptors (Lipinski definition) is 13. The van der Waals surface area contributed by atoms with Gasteiger partial charge in [-0.1, -0.05) is 275 Å². The summed E-state index contributed by atoms with van der Waals surface area (Å²) in [6, 6.07) is -0.933. The number of rotatable bonds is 57. The molecule has 0 saturated carbocycles. The number of nitrogens with one attached hydrogen (secondary N) is 1. The molecular formula is C69H129NO13. The number of hydrogen-bond donors (Lipinski definition) is 9. The van der Waals surface area contributed by atoms with Crippen LogP contribution < -0.4 is 5.32 Å². The van der Waals surface area contributed by atoms with Crippen molar-refractivity contribution in [2.24, 2.45) is 0 Å². The fourth-order valence-corrected chi connectivity index (χ4v) is 11.5. The molecule has 2 rings (SSSR count). The van der Waals surface area contributed by atoms with Gasteiger partial charge in [0.25, 0.3) is 0 Å². The Morgan fingerprint density at radius 1 is 0.422 bits per heavy atom. The van der Waals surface area contributed by atoms with Crippen molar-refractivity contribution in [3.63, 3.8) is 0 Å². The Hall–Kier alpha value is -1.79. The van der Waals surface area contributed by atoms with Crippen LogP contribution in [0.1, 0.15) is 303 Å². The van der Waals surface area contributed by atoms with Crippen LogP contribution in [-0.4, -0.2) is 140 Å². The molecule has 9 N–H and O–H groups in total. The van der Waals surface area contributed by atoms with Crippen LogP contribution in [0, 0.1) is 0 Å². The normalized spacial score (nSPS) is 24.0. The Kier molecular flexibility index (Phi) is 50.6. The number of amides is 1. The molecule has 14 nitrogen and oxygen atoms in total. The van der Waals surface area contributed by atoms with Crippen LogP contribution in [0.4, 0.5) is 0 Å². The number of aliphatic hydroxyl groups is 8. The minimum absolute atomic E-state index is 0.248. The average molecular weight is 1180 g/mol. The van der Waals surface area contributed by atoms with Crippen LogP contribution in [0.5, 0.6) is 0 Å². The highest BCUT2D eigenvalue weighted by atomic mass is 16.7. The summed E-state index contributed by atoms with van der Waals surface area (Å²) in [5.74, 6) is -0.248. The lowest BCUT2D eigenvalue weighted by Gasteiger charge is -2.46. The van der Waals surface area contributed by atoms with Crippen LogP contribution in [0.25, 0.3) is 0 Å². The second-order valence-electron chi connectivity index (χ2n) is 24.6. The van der Waals surface area contributed by atoms with E-state index in [1.54, 1.807) is 6.08 Å². The molecule has 2 heterocycles. The molecule has 0 bridgehead atoms. The molecule has 2 aliphatic heterocycles. The van der Waals surface area contributed by atoms with Gasteiger partial charge in [0.2, 0.25) is 5.91 Å². The van der Waals surface area contributed by atoms with Gasteiger partial charge in [0.1, 0.15) is 48.8 Å². The van der Waals surface area contributed by atoms with E-state index in [0.29, 0.717) is 12.8 Å². The Morgan fingerprint density at radius 2 is 0.771 bits per heavy atom. The average Bonchev–Trinajstić information content (AvgIpc) is 3.64. The van der Waals surface area contributed by atoms with Gasteiger partial charge >= 0.3 is 0 Å². The zero-order valence-electron chi connectivity index (χ0n) is 53.0. The first-order chi connectivity index (χ1) is 40.6. The number of aliphatic hydroxyl groups excluding tert-OH is 8. The topological polar surface area (TPSA) is 228 Å². The van der Waals surface area contributed by atoms with Gasteiger partial charge in [-0.15, -0.1) is 0 Å². The lowest BCUT2D eigenvalue weighted by Crippen LogP contribution is -2.65. The Labute approximate surface area is 506 Å². The second-order valence-corrected chi connectivity index (χ2v) is 24.6. The molecule has 0 aromatic rings. The number of ether oxygens (including phenoxy) is 4. The van der Waals surface area contributed by atoms with E-state index in [9.17, 15) is 45.6 Å². The lowest BCUT2D eigenvalue weighted by molar-refractivity contribution is -0.359. The predicted octanol–water partition coefficient (Wildman–Crippen LogP) is 13.7. The Morgan fingerprint density at radius 3 is 1.18 bits per heavy atom. The summed E-state index contributed by atoms with van der Waals surface area (Å²) in [4.78, 5) is 13.3. The number of carbonyl (C=O) groups excluding carboxylic acids is 1. The minimum Gasteiger partial charge on any atom is -0.394 e. The smallest absolute Gasteiger partial charge is 0.220 e. The van der Waals surface area contributed by atoms with Crippen molar-refractivity contribution in [2.75, 3.05) is 19.8 Å². The van der Waals surface area contributed by atoms with E-state index in [4.69, 9.17) is 18.9 Å². The van der Waals surface area contributed by atoms with Crippen LogP contribution in [0.3, 0.4) is 0 Å². The Balaban J connectivity index is 1.69. The summed E-state index contributed by atoms with van der Waals surface area (Å²) >= 11 is 0. The highest BCUT2D eigenvalue weighted by Crippen LogP contribution is 2.30. The Bertz CT molecular complexity index is 1530. The third kappa shape index (κ3) is 39.0. The number of unbranched alkanes of at least 4 members (excludes halogenated alkanes) is 40.